The molecule has 0 spiro atoms. The molecule has 3 atom stereocenters. The molecule has 5 heteroatoms. The first-order valence-corrected chi connectivity index (χ1v) is 7.44. The quantitative estimate of drug-likeness (QED) is 0.719. The molecule has 2 amide bonds. The monoisotopic (exact) mass is 289 g/mol. The van der Waals surface area contributed by atoms with E-state index in [4.69, 9.17) is 11.5 Å². The highest BCUT2D eigenvalue weighted by Gasteiger charge is 2.27. The van der Waals surface area contributed by atoms with Crippen LogP contribution in [-0.4, -0.2) is 23.9 Å². The van der Waals surface area contributed by atoms with Crippen molar-refractivity contribution < 1.29 is 9.59 Å². The van der Waals surface area contributed by atoms with E-state index in [0.29, 0.717) is 12.8 Å². The lowest BCUT2D eigenvalue weighted by atomic mass is 9.99. The summed E-state index contributed by atoms with van der Waals surface area (Å²) in [5, 5.41) is 2.74. The average Bonchev–Trinajstić information content (AvgIpc) is 2.84. The number of amides is 2. The van der Waals surface area contributed by atoms with Gasteiger partial charge in [-0.25, -0.2) is 0 Å². The molecule has 0 aromatic heterocycles. The van der Waals surface area contributed by atoms with Crippen molar-refractivity contribution in [2.75, 3.05) is 0 Å². The number of nitrogens with two attached hydrogens (primary N) is 2. The van der Waals surface area contributed by atoms with Gasteiger partial charge in [-0.3, -0.25) is 9.59 Å². The van der Waals surface area contributed by atoms with Crippen LogP contribution in [0.15, 0.2) is 30.3 Å². The Kier molecular flexibility index (Phi) is 5.33. The van der Waals surface area contributed by atoms with Crippen LogP contribution in [-0.2, 0) is 16.0 Å². The molecule has 1 fully saturated rings. The number of rotatable bonds is 6. The SMILES string of the molecule is NC(=O)C(Cc1ccccc1)NC(=O)C[C@@H]1CCC[C@H]1N. The molecular weight excluding hydrogens is 266 g/mol. The van der Waals surface area contributed by atoms with Crippen LogP contribution in [0, 0.1) is 5.92 Å². The lowest BCUT2D eigenvalue weighted by Crippen LogP contribution is -2.46. The fourth-order valence-electron chi connectivity index (χ4n) is 2.88. The number of carbonyl (C=O) groups excluding carboxylic acids is 2. The molecule has 114 valence electrons. The van der Waals surface area contributed by atoms with Gasteiger partial charge in [0, 0.05) is 18.9 Å². The second-order valence-electron chi connectivity index (χ2n) is 5.77. The fourth-order valence-corrected chi connectivity index (χ4v) is 2.88. The topological polar surface area (TPSA) is 98.2 Å². The van der Waals surface area contributed by atoms with Gasteiger partial charge in [-0.05, 0) is 24.3 Å². The molecule has 1 saturated carbocycles. The van der Waals surface area contributed by atoms with Gasteiger partial charge in [0.05, 0.1) is 0 Å². The van der Waals surface area contributed by atoms with E-state index in [2.05, 4.69) is 5.32 Å². The number of hydrogen-bond donors (Lipinski definition) is 3. The zero-order valence-corrected chi connectivity index (χ0v) is 12.1. The van der Waals surface area contributed by atoms with Crippen LogP contribution in [0.4, 0.5) is 0 Å². The van der Waals surface area contributed by atoms with E-state index >= 15 is 0 Å². The summed E-state index contributed by atoms with van der Waals surface area (Å²) in [6, 6.07) is 8.95. The van der Waals surface area contributed by atoms with Crippen molar-refractivity contribution in [2.45, 2.75) is 44.2 Å². The molecule has 1 aromatic rings. The van der Waals surface area contributed by atoms with Gasteiger partial charge in [0.2, 0.25) is 11.8 Å². The summed E-state index contributed by atoms with van der Waals surface area (Å²) in [6.45, 7) is 0. The van der Waals surface area contributed by atoms with Crippen LogP contribution in [0.1, 0.15) is 31.2 Å². The van der Waals surface area contributed by atoms with Crippen molar-refractivity contribution in [1.29, 1.82) is 0 Å². The van der Waals surface area contributed by atoms with Crippen molar-refractivity contribution >= 4 is 11.8 Å². The summed E-state index contributed by atoms with van der Waals surface area (Å²) in [4.78, 5) is 23.6. The summed E-state index contributed by atoms with van der Waals surface area (Å²) in [5.41, 5.74) is 12.3. The second-order valence-corrected chi connectivity index (χ2v) is 5.77. The van der Waals surface area contributed by atoms with E-state index in [0.717, 1.165) is 24.8 Å². The van der Waals surface area contributed by atoms with Gasteiger partial charge in [-0.1, -0.05) is 36.8 Å². The van der Waals surface area contributed by atoms with Gasteiger partial charge in [0.15, 0.2) is 0 Å². The molecule has 0 bridgehead atoms. The van der Waals surface area contributed by atoms with Gasteiger partial charge >= 0.3 is 0 Å². The third-order valence-corrected chi connectivity index (χ3v) is 4.13. The Balaban J connectivity index is 1.90. The Bertz CT molecular complexity index is 490. The standard InChI is InChI=1S/C16H23N3O2/c17-13-8-4-7-12(13)10-15(20)19-14(16(18)21)9-11-5-2-1-3-6-11/h1-3,5-6,12-14H,4,7-10,17H2,(H2,18,21)(H,19,20)/t12-,13+,14?/m0/s1. The van der Waals surface area contributed by atoms with Crippen LogP contribution >= 0.6 is 0 Å². The van der Waals surface area contributed by atoms with Crippen molar-refractivity contribution in [3.63, 3.8) is 0 Å². The van der Waals surface area contributed by atoms with Crippen LogP contribution < -0.4 is 16.8 Å². The zero-order chi connectivity index (χ0) is 15.2. The van der Waals surface area contributed by atoms with E-state index in [1.54, 1.807) is 0 Å². The highest BCUT2D eigenvalue weighted by Crippen LogP contribution is 2.26. The summed E-state index contributed by atoms with van der Waals surface area (Å²) >= 11 is 0. The predicted molar refractivity (Wildman–Crippen MR) is 81.2 cm³/mol. The predicted octanol–water partition coefficient (Wildman–Crippen LogP) is 0.717. The maximum absolute atomic E-state index is 12.1. The van der Waals surface area contributed by atoms with Gasteiger partial charge in [0.1, 0.15) is 6.04 Å². The van der Waals surface area contributed by atoms with Crippen molar-refractivity contribution in [1.82, 2.24) is 5.32 Å². The van der Waals surface area contributed by atoms with Crippen LogP contribution in [0.25, 0.3) is 0 Å². The molecule has 1 aromatic carbocycles. The number of primary amides is 1. The van der Waals surface area contributed by atoms with E-state index in [1.807, 2.05) is 30.3 Å². The second kappa shape index (κ2) is 7.22. The van der Waals surface area contributed by atoms with Crippen molar-refractivity contribution in [2.24, 2.45) is 17.4 Å². The average molecular weight is 289 g/mol. The molecule has 5 N–H and O–H groups in total. The zero-order valence-electron chi connectivity index (χ0n) is 12.1. The summed E-state index contributed by atoms with van der Waals surface area (Å²) in [5.74, 6) is -0.435. The van der Waals surface area contributed by atoms with E-state index < -0.39 is 11.9 Å². The van der Waals surface area contributed by atoms with Gasteiger partial charge in [0.25, 0.3) is 0 Å². The number of carbonyl (C=O) groups is 2. The fraction of sp³-hybridized carbons (Fsp3) is 0.500. The minimum absolute atomic E-state index is 0.0944. The molecule has 0 aliphatic heterocycles. The van der Waals surface area contributed by atoms with E-state index in [1.165, 1.54) is 0 Å². The van der Waals surface area contributed by atoms with Gasteiger partial charge in [-0.2, -0.15) is 0 Å². The maximum Gasteiger partial charge on any atom is 0.240 e. The third kappa shape index (κ3) is 4.56. The number of nitrogens with one attached hydrogen (secondary N) is 1. The summed E-state index contributed by atoms with van der Waals surface area (Å²) < 4.78 is 0. The summed E-state index contributed by atoms with van der Waals surface area (Å²) in [7, 11) is 0. The van der Waals surface area contributed by atoms with Gasteiger partial charge < -0.3 is 16.8 Å². The lowest BCUT2D eigenvalue weighted by Gasteiger charge is -2.19. The molecule has 0 radical (unpaired) electrons. The highest BCUT2D eigenvalue weighted by molar-refractivity contribution is 5.86. The normalized spacial score (nSPS) is 22.7. The molecular formula is C16H23N3O2. The minimum Gasteiger partial charge on any atom is -0.368 e. The molecule has 1 aliphatic carbocycles. The van der Waals surface area contributed by atoms with E-state index in [-0.39, 0.29) is 17.9 Å². The first-order chi connectivity index (χ1) is 10.1. The molecule has 0 heterocycles. The molecule has 0 saturated heterocycles. The molecule has 2 rings (SSSR count). The Hall–Kier alpha value is -1.88. The van der Waals surface area contributed by atoms with Crippen LogP contribution in [0.5, 0.6) is 0 Å². The minimum atomic E-state index is -0.669. The summed E-state index contributed by atoms with van der Waals surface area (Å²) in [6.07, 6.45) is 3.82. The molecule has 1 unspecified atom stereocenters. The Morgan fingerprint density at radius 3 is 2.52 bits per heavy atom. The lowest BCUT2D eigenvalue weighted by molar-refractivity contribution is -0.127. The molecule has 5 nitrogen and oxygen atoms in total. The van der Waals surface area contributed by atoms with Crippen molar-refractivity contribution in [3.8, 4) is 0 Å². The maximum atomic E-state index is 12.1. The smallest absolute Gasteiger partial charge is 0.240 e. The van der Waals surface area contributed by atoms with Crippen LogP contribution in [0.2, 0.25) is 0 Å². The Morgan fingerprint density at radius 1 is 1.24 bits per heavy atom. The number of benzene rings is 1. The first kappa shape index (κ1) is 15.5. The van der Waals surface area contributed by atoms with Crippen molar-refractivity contribution in [3.05, 3.63) is 35.9 Å². The highest BCUT2D eigenvalue weighted by atomic mass is 16.2. The molecule has 21 heavy (non-hydrogen) atoms. The first-order valence-electron chi connectivity index (χ1n) is 7.44. The largest absolute Gasteiger partial charge is 0.368 e. The van der Waals surface area contributed by atoms with Crippen LogP contribution in [0.3, 0.4) is 0 Å². The third-order valence-electron chi connectivity index (χ3n) is 4.13. The Morgan fingerprint density at radius 2 is 1.95 bits per heavy atom. The van der Waals surface area contributed by atoms with Gasteiger partial charge in [-0.15, -0.1) is 0 Å². The molecule has 1 aliphatic rings. The number of hydrogen-bond acceptors (Lipinski definition) is 3. The van der Waals surface area contributed by atoms with E-state index in [9.17, 15) is 9.59 Å². The Labute approximate surface area is 125 Å².